The summed E-state index contributed by atoms with van der Waals surface area (Å²) >= 11 is 0. The van der Waals surface area contributed by atoms with Gasteiger partial charge in [-0.15, -0.1) is 0 Å². The zero-order chi connectivity index (χ0) is 17.0. The Kier molecular flexibility index (Phi) is 5.22. The second-order valence-electron chi connectivity index (χ2n) is 5.67. The summed E-state index contributed by atoms with van der Waals surface area (Å²) in [5, 5.41) is 8.92. The molecule has 0 saturated carbocycles. The Labute approximate surface area is 137 Å². The number of hydrogen-bond donors (Lipinski definition) is 1. The van der Waals surface area contributed by atoms with Crippen LogP contribution in [-0.4, -0.2) is 11.1 Å². The van der Waals surface area contributed by atoms with Crippen molar-refractivity contribution in [2.45, 2.75) is 34.1 Å². The molecule has 3 heteroatoms. The molecule has 0 bridgehead atoms. The molecule has 1 N–H and O–H groups in total. The number of aromatic carboxylic acids is 1. The highest BCUT2D eigenvalue weighted by Crippen LogP contribution is 2.29. The van der Waals surface area contributed by atoms with Gasteiger partial charge < -0.3 is 9.84 Å². The topological polar surface area (TPSA) is 46.5 Å². The van der Waals surface area contributed by atoms with Crippen molar-refractivity contribution in [1.29, 1.82) is 0 Å². The first-order valence-electron chi connectivity index (χ1n) is 7.71. The molecule has 3 nitrogen and oxygen atoms in total. The third kappa shape index (κ3) is 4.01. The van der Waals surface area contributed by atoms with Crippen molar-refractivity contribution < 1.29 is 14.6 Å². The summed E-state index contributed by atoms with van der Waals surface area (Å²) in [6.45, 7) is 8.52. The van der Waals surface area contributed by atoms with Crippen LogP contribution in [0.15, 0.2) is 48.0 Å². The van der Waals surface area contributed by atoms with Gasteiger partial charge in [0.05, 0.1) is 5.56 Å². The lowest BCUT2D eigenvalue weighted by atomic mass is 9.96. The van der Waals surface area contributed by atoms with Crippen molar-refractivity contribution in [3.05, 3.63) is 64.7 Å². The van der Waals surface area contributed by atoms with Crippen molar-refractivity contribution in [3.63, 3.8) is 0 Å². The first-order chi connectivity index (χ1) is 10.9. The van der Waals surface area contributed by atoms with Crippen molar-refractivity contribution in [2.75, 3.05) is 0 Å². The summed E-state index contributed by atoms with van der Waals surface area (Å²) in [6.07, 6.45) is 1.02. The molecule has 0 unspecified atom stereocenters. The summed E-state index contributed by atoms with van der Waals surface area (Å²) in [5.41, 5.74) is 5.28. The van der Waals surface area contributed by atoms with Crippen LogP contribution in [0.1, 0.15) is 48.7 Å². The third-order valence-electron chi connectivity index (χ3n) is 4.12. The lowest BCUT2D eigenvalue weighted by Crippen LogP contribution is -1.95. The highest BCUT2D eigenvalue weighted by Gasteiger charge is 2.07. The van der Waals surface area contributed by atoms with Gasteiger partial charge in [-0.05, 0) is 80.3 Å². The fraction of sp³-hybridized carbons (Fsp3) is 0.250. The van der Waals surface area contributed by atoms with Crippen LogP contribution in [0.3, 0.4) is 0 Å². The lowest BCUT2D eigenvalue weighted by molar-refractivity contribution is 0.0697. The van der Waals surface area contributed by atoms with E-state index in [4.69, 9.17) is 9.84 Å². The van der Waals surface area contributed by atoms with Crippen molar-refractivity contribution in [3.8, 4) is 11.5 Å². The zero-order valence-electron chi connectivity index (χ0n) is 14.0. The fourth-order valence-electron chi connectivity index (χ4n) is 2.37. The van der Waals surface area contributed by atoms with Crippen LogP contribution in [0.2, 0.25) is 0 Å². The predicted molar refractivity (Wildman–Crippen MR) is 93.2 cm³/mol. The number of carbonyl (C=O) groups is 1. The molecule has 120 valence electrons. The number of ether oxygens (including phenoxy) is 1. The largest absolute Gasteiger partial charge is 0.478 e. The van der Waals surface area contributed by atoms with Crippen molar-refractivity contribution in [1.82, 2.24) is 0 Å². The fourth-order valence-corrected chi connectivity index (χ4v) is 2.37. The summed E-state index contributed by atoms with van der Waals surface area (Å²) in [7, 11) is 0. The molecule has 0 heterocycles. The monoisotopic (exact) mass is 310 g/mol. The van der Waals surface area contributed by atoms with Crippen LogP contribution in [0.25, 0.3) is 5.57 Å². The third-order valence-corrected chi connectivity index (χ3v) is 4.12. The molecule has 0 fully saturated rings. The zero-order valence-corrected chi connectivity index (χ0v) is 14.0. The standard InChI is InChI=1S/C20H22O3/c1-5-13(2)15(4)19-12-18(9-6-14(19)3)23-17-10-7-16(8-11-17)20(21)22/h6-12H,5H2,1-4H3,(H,21,22)/b15-13-. The van der Waals surface area contributed by atoms with E-state index in [1.165, 1.54) is 22.3 Å². The number of benzene rings is 2. The van der Waals surface area contributed by atoms with Gasteiger partial charge in [0.25, 0.3) is 0 Å². The maximum absolute atomic E-state index is 10.9. The Morgan fingerprint density at radius 1 is 1.04 bits per heavy atom. The Morgan fingerprint density at radius 3 is 2.22 bits per heavy atom. The van der Waals surface area contributed by atoms with Gasteiger partial charge in [-0.1, -0.05) is 18.6 Å². The quantitative estimate of drug-likeness (QED) is 0.771. The minimum absolute atomic E-state index is 0.249. The average Bonchev–Trinajstić information content (AvgIpc) is 2.55. The molecule has 0 spiro atoms. The number of carboxylic acid groups (broad SMARTS) is 1. The van der Waals surface area contributed by atoms with E-state index in [2.05, 4.69) is 27.7 Å². The summed E-state index contributed by atoms with van der Waals surface area (Å²) < 4.78 is 5.86. The van der Waals surface area contributed by atoms with E-state index >= 15 is 0 Å². The number of aryl methyl sites for hydroxylation is 1. The van der Waals surface area contributed by atoms with Gasteiger partial charge in [0, 0.05) is 0 Å². The van der Waals surface area contributed by atoms with Gasteiger partial charge in [0.1, 0.15) is 11.5 Å². The predicted octanol–water partition coefficient (Wildman–Crippen LogP) is 5.69. The molecule has 0 radical (unpaired) electrons. The first-order valence-corrected chi connectivity index (χ1v) is 7.71. The minimum atomic E-state index is -0.940. The molecule has 23 heavy (non-hydrogen) atoms. The molecule has 2 aromatic rings. The number of rotatable bonds is 5. The van der Waals surface area contributed by atoms with E-state index in [1.807, 2.05) is 18.2 Å². The lowest BCUT2D eigenvalue weighted by Gasteiger charge is -2.13. The molecule has 0 aromatic heterocycles. The highest BCUT2D eigenvalue weighted by atomic mass is 16.5. The van der Waals surface area contributed by atoms with E-state index in [0.717, 1.165) is 12.2 Å². The smallest absolute Gasteiger partial charge is 0.335 e. The molecule has 0 amide bonds. The molecule has 2 rings (SSSR count). The Bertz CT molecular complexity index is 740. The summed E-state index contributed by atoms with van der Waals surface area (Å²) in [5.74, 6) is 0.431. The molecule has 0 atom stereocenters. The second kappa shape index (κ2) is 7.14. The maximum atomic E-state index is 10.9. The minimum Gasteiger partial charge on any atom is -0.478 e. The van der Waals surface area contributed by atoms with E-state index in [0.29, 0.717) is 5.75 Å². The van der Waals surface area contributed by atoms with E-state index < -0.39 is 5.97 Å². The normalized spacial score (nSPS) is 11.8. The molecular weight excluding hydrogens is 288 g/mol. The van der Waals surface area contributed by atoms with Gasteiger partial charge in [0.2, 0.25) is 0 Å². The Morgan fingerprint density at radius 2 is 1.65 bits per heavy atom. The molecule has 0 aliphatic heterocycles. The van der Waals surface area contributed by atoms with Crippen LogP contribution in [-0.2, 0) is 0 Å². The van der Waals surface area contributed by atoms with Crippen molar-refractivity contribution in [2.24, 2.45) is 0 Å². The van der Waals surface area contributed by atoms with Crippen LogP contribution >= 0.6 is 0 Å². The number of hydrogen-bond acceptors (Lipinski definition) is 2. The van der Waals surface area contributed by atoms with Gasteiger partial charge in [-0.25, -0.2) is 4.79 Å². The second-order valence-corrected chi connectivity index (χ2v) is 5.67. The average molecular weight is 310 g/mol. The Hall–Kier alpha value is -2.55. The molecular formula is C20H22O3. The molecule has 2 aromatic carbocycles. The van der Waals surface area contributed by atoms with Gasteiger partial charge in [-0.3, -0.25) is 0 Å². The molecule has 0 saturated heterocycles. The van der Waals surface area contributed by atoms with Crippen LogP contribution in [0.4, 0.5) is 0 Å². The molecule has 0 aliphatic rings. The van der Waals surface area contributed by atoms with E-state index in [-0.39, 0.29) is 5.56 Å². The van der Waals surface area contributed by atoms with Crippen LogP contribution < -0.4 is 4.74 Å². The number of allylic oxidation sites excluding steroid dienone is 2. The van der Waals surface area contributed by atoms with Gasteiger partial charge in [-0.2, -0.15) is 0 Å². The summed E-state index contributed by atoms with van der Waals surface area (Å²) in [4.78, 5) is 10.9. The highest BCUT2D eigenvalue weighted by molar-refractivity contribution is 5.87. The first kappa shape index (κ1) is 16.8. The van der Waals surface area contributed by atoms with Gasteiger partial charge in [0.15, 0.2) is 0 Å². The van der Waals surface area contributed by atoms with Crippen LogP contribution in [0.5, 0.6) is 11.5 Å². The van der Waals surface area contributed by atoms with E-state index in [9.17, 15) is 4.79 Å². The van der Waals surface area contributed by atoms with Crippen molar-refractivity contribution >= 4 is 11.5 Å². The van der Waals surface area contributed by atoms with E-state index in [1.54, 1.807) is 24.3 Å². The maximum Gasteiger partial charge on any atom is 0.335 e. The summed E-state index contributed by atoms with van der Waals surface area (Å²) in [6, 6.07) is 12.4. The van der Waals surface area contributed by atoms with Gasteiger partial charge >= 0.3 is 5.97 Å². The molecule has 0 aliphatic carbocycles. The number of carboxylic acids is 1. The van der Waals surface area contributed by atoms with Crippen LogP contribution in [0, 0.1) is 6.92 Å². The SMILES string of the molecule is CC/C(C)=C(/C)c1cc(Oc2ccc(C(=O)O)cc2)ccc1C. The Balaban J connectivity index is 2.29.